The Morgan fingerprint density at radius 3 is 2.46 bits per heavy atom. The van der Waals surface area contributed by atoms with Gasteiger partial charge in [-0.25, -0.2) is 4.39 Å². The van der Waals surface area contributed by atoms with Gasteiger partial charge in [0.15, 0.2) is 5.82 Å². The highest BCUT2D eigenvalue weighted by molar-refractivity contribution is 9.11. The van der Waals surface area contributed by atoms with Crippen LogP contribution in [0.5, 0.6) is 0 Å². The van der Waals surface area contributed by atoms with E-state index in [2.05, 4.69) is 31.9 Å². The number of rotatable bonds is 1. The van der Waals surface area contributed by atoms with Crippen LogP contribution in [0, 0.1) is 5.82 Å². The highest BCUT2D eigenvalue weighted by Crippen LogP contribution is 2.33. The predicted octanol–water partition coefficient (Wildman–Crippen LogP) is 3.10. The molecule has 0 saturated heterocycles. The molecule has 0 radical (unpaired) electrons. The zero-order valence-electron chi connectivity index (χ0n) is 6.07. The Kier molecular flexibility index (Phi) is 3.32. The number of carbonyl (C=O) groups is 1. The first-order valence-electron chi connectivity index (χ1n) is 3.08. The van der Waals surface area contributed by atoms with E-state index in [-0.39, 0.29) is 19.5 Å². The zero-order chi connectivity index (χ0) is 10.2. The van der Waals surface area contributed by atoms with Crippen molar-refractivity contribution in [1.82, 2.24) is 0 Å². The van der Waals surface area contributed by atoms with Gasteiger partial charge in [-0.1, -0.05) is 11.6 Å². The quantitative estimate of drug-likeness (QED) is 0.624. The van der Waals surface area contributed by atoms with Crippen molar-refractivity contribution in [3.8, 4) is 0 Å². The van der Waals surface area contributed by atoms with E-state index in [1.54, 1.807) is 0 Å². The van der Waals surface area contributed by atoms with Gasteiger partial charge in [-0.3, -0.25) is 4.79 Å². The first kappa shape index (κ1) is 10.9. The summed E-state index contributed by atoms with van der Waals surface area (Å²) >= 11 is 11.4. The summed E-state index contributed by atoms with van der Waals surface area (Å²) in [6.07, 6.45) is 0. The lowest BCUT2D eigenvalue weighted by Crippen LogP contribution is -2.12. The third kappa shape index (κ3) is 2.03. The Morgan fingerprint density at radius 2 is 2.00 bits per heavy atom. The first-order chi connectivity index (χ1) is 5.95. The van der Waals surface area contributed by atoms with E-state index in [1.807, 2.05) is 0 Å². The smallest absolute Gasteiger partial charge is 0.250 e. The summed E-state index contributed by atoms with van der Waals surface area (Å²) < 4.78 is 13.3. The number of halogens is 4. The van der Waals surface area contributed by atoms with Crippen LogP contribution in [0.2, 0.25) is 5.02 Å². The lowest BCUT2D eigenvalue weighted by molar-refractivity contribution is 0.0999. The van der Waals surface area contributed by atoms with E-state index < -0.39 is 11.7 Å². The molecule has 0 atom stereocenters. The highest BCUT2D eigenvalue weighted by atomic mass is 79.9. The molecule has 0 bridgehead atoms. The molecule has 2 nitrogen and oxygen atoms in total. The Balaban J connectivity index is 3.50. The molecule has 1 rings (SSSR count). The van der Waals surface area contributed by atoms with Crippen LogP contribution < -0.4 is 5.73 Å². The summed E-state index contributed by atoms with van der Waals surface area (Å²) in [5, 5.41) is 0.106. The Morgan fingerprint density at radius 1 is 1.46 bits per heavy atom. The Bertz CT molecular complexity index is 383. The number of amides is 1. The van der Waals surface area contributed by atoms with Crippen LogP contribution in [0.4, 0.5) is 4.39 Å². The molecule has 2 N–H and O–H groups in total. The van der Waals surface area contributed by atoms with E-state index in [4.69, 9.17) is 17.3 Å². The van der Waals surface area contributed by atoms with E-state index in [0.717, 1.165) is 0 Å². The van der Waals surface area contributed by atoms with Crippen LogP contribution in [0.25, 0.3) is 0 Å². The molecule has 0 aliphatic carbocycles. The molecular weight excluding hydrogens is 328 g/mol. The minimum atomic E-state index is -0.736. The van der Waals surface area contributed by atoms with Gasteiger partial charge in [-0.05, 0) is 37.9 Å². The third-order valence-corrected chi connectivity index (χ3v) is 3.45. The first-order valence-corrected chi connectivity index (χ1v) is 5.04. The number of primary amides is 1. The largest absolute Gasteiger partial charge is 0.366 e. The molecule has 0 spiro atoms. The molecule has 0 saturated carbocycles. The number of carbonyl (C=O) groups excluding carboxylic acids is 1. The molecule has 6 heteroatoms. The Labute approximate surface area is 95.5 Å². The van der Waals surface area contributed by atoms with Crippen LogP contribution in [-0.2, 0) is 0 Å². The lowest BCUT2D eigenvalue weighted by Gasteiger charge is -2.04. The molecule has 13 heavy (non-hydrogen) atoms. The minimum Gasteiger partial charge on any atom is -0.366 e. The maximum Gasteiger partial charge on any atom is 0.250 e. The molecular formula is C7H3Br2ClFNO. The minimum absolute atomic E-state index is 0.0104. The maximum atomic E-state index is 13.2. The SMILES string of the molecule is NC(=O)c1cc(Cl)c(Br)c(F)c1Br. The molecule has 0 fully saturated rings. The highest BCUT2D eigenvalue weighted by Gasteiger charge is 2.16. The second-order valence-corrected chi connectivity index (χ2v) is 4.21. The second-order valence-electron chi connectivity index (χ2n) is 2.21. The van der Waals surface area contributed by atoms with E-state index in [0.29, 0.717) is 0 Å². The summed E-state index contributed by atoms with van der Waals surface area (Å²) in [7, 11) is 0. The molecule has 1 amide bonds. The molecule has 0 aliphatic heterocycles. The van der Waals surface area contributed by atoms with Crippen molar-refractivity contribution in [2.24, 2.45) is 5.73 Å². The number of nitrogens with two attached hydrogens (primary N) is 1. The summed E-state index contributed by atoms with van der Waals surface area (Å²) in [4.78, 5) is 10.8. The topological polar surface area (TPSA) is 43.1 Å². The van der Waals surface area contributed by atoms with Crippen molar-refractivity contribution in [1.29, 1.82) is 0 Å². The van der Waals surface area contributed by atoms with Crippen molar-refractivity contribution < 1.29 is 9.18 Å². The van der Waals surface area contributed by atoms with Gasteiger partial charge in [-0.15, -0.1) is 0 Å². The normalized spacial score (nSPS) is 10.2. The molecule has 1 aromatic carbocycles. The van der Waals surface area contributed by atoms with Crippen LogP contribution >= 0.6 is 43.5 Å². The average molecular weight is 331 g/mol. The number of hydrogen-bond acceptors (Lipinski definition) is 1. The van der Waals surface area contributed by atoms with Gasteiger partial charge in [-0.2, -0.15) is 0 Å². The monoisotopic (exact) mass is 329 g/mol. The fraction of sp³-hybridized carbons (Fsp3) is 0. The van der Waals surface area contributed by atoms with Crippen LogP contribution in [0.1, 0.15) is 10.4 Å². The van der Waals surface area contributed by atoms with E-state index in [9.17, 15) is 9.18 Å². The molecule has 0 heterocycles. The maximum absolute atomic E-state index is 13.2. The predicted molar refractivity (Wildman–Crippen MR) is 55.3 cm³/mol. The van der Waals surface area contributed by atoms with E-state index >= 15 is 0 Å². The van der Waals surface area contributed by atoms with Crippen molar-refractivity contribution in [2.45, 2.75) is 0 Å². The van der Waals surface area contributed by atoms with Crippen LogP contribution in [0.15, 0.2) is 15.0 Å². The summed E-state index contributed by atoms with van der Waals surface area (Å²) in [6, 6.07) is 1.29. The Hall–Kier alpha value is -0.130. The molecule has 0 aromatic heterocycles. The summed E-state index contributed by atoms with van der Waals surface area (Å²) in [6.45, 7) is 0. The van der Waals surface area contributed by atoms with Gasteiger partial charge < -0.3 is 5.73 Å². The van der Waals surface area contributed by atoms with Gasteiger partial charge in [0.05, 0.1) is 19.5 Å². The molecule has 0 unspecified atom stereocenters. The fourth-order valence-electron chi connectivity index (χ4n) is 0.752. The molecule has 70 valence electrons. The third-order valence-electron chi connectivity index (χ3n) is 1.37. The molecule has 0 aliphatic rings. The van der Waals surface area contributed by atoms with Gasteiger partial charge in [0.2, 0.25) is 5.91 Å². The van der Waals surface area contributed by atoms with Crippen LogP contribution in [-0.4, -0.2) is 5.91 Å². The lowest BCUT2D eigenvalue weighted by atomic mass is 10.2. The number of hydrogen-bond donors (Lipinski definition) is 1. The second kappa shape index (κ2) is 3.94. The average Bonchev–Trinajstić information content (AvgIpc) is 2.07. The van der Waals surface area contributed by atoms with Crippen molar-refractivity contribution in [3.05, 3.63) is 31.4 Å². The standard InChI is InChI=1S/C7H3Br2ClFNO/c8-4-2(7(12)13)1-3(10)5(9)6(4)11/h1H,(H2,12,13). The van der Waals surface area contributed by atoms with Crippen molar-refractivity contribution in [3.63, 3.8) is 0 Å². The van der Waals surface area contributed by atoms with Gasteiger partial charge >= 0.3 is 0 Å². The summed E-state index contributed by atoms with van der Waals surface area (Å²) in [5.41, 5.74) is 5.01. The van der Waals surface area contributed by atoms with E-state index in [1.165, 1.54) is 6.07 Å². The van der Waals surface area contributed by atoms with Crippen molar-refractivity contribution in [2.75, 3.05) is 0 Å². The van der Waals surface area contributed by atoms with Gasteiger partial charge in [0.1, 0.15) is 0 Å². The zero-order valence-corrected chi connectivity index (χ0v) is 10.0. The van der Waals surface area contributed by atoms with Gasteiger partial charge in [0.25, 0.3) is 0 Å². The number of benzene rings is 1. The summed E-state index contributed by atoms with van der Waals surface area (Å²) in [5.74, 6) is -1.37. The molecule has 1 aromatic rings. The van der Waals surface area contributed by atoms with Gasteiger partial charge in [0, 0.05) is 0 Å². The fourth-order valence-corrected chi connectivity index (χ4v) is 2.03. The van der Waals surface area contributed by atoms with Crippen LogP contribution in [0.3, 0.4) is 0 Å². The van der Waals surface area contributed by atoms with Crippen molar-refractivity contribution >= 4 is 49.4 Å².